The van der Waals surface area contributed by atoms with Gasteiger partial charge in [0.25, 0.3) is 0 Å². The lowest BCUT2D eigenvalue weighted by Crippen LogP contribution is -2.26. The Morgan fingerprint density at radius 3 is 2.27 bits per heavy atom. The molecule has 0 aromatic rings. The van der Waals surface area contributed by atoms with Gasteiger partial charge in [0, 0.05) is 13.6 Å². The number of alkyl halides is 3. The molecule has 0 aromatic carbocycles. The number of hydrogen-bond acceptors (Lipinski definition) is 1. The van der Waals surface area contributed by atoms with E-state index < -0.39 is 24.5 Å². The molecule has 6 heteroatoms. The quantitative estimate of drug-likeness (QED) is 0.482. The van der Waals surface area contributed by atoms with E-state index in [1.807, 2.05) is 0 Å². The van der Waals surface area contributed by atoms with Gasteiger partial charge in [-0.2, -0.15) is 13.2 Å². The van der Waals surface area contributed by atoms with Crippen LogP contribution in [0.3, 0.4) is 0 Å². The summed E-state index contributed by atoms with van der Waals surface area (Å²) in [5.41, 5.74) is 0. The standard InChI is InChI=1S/C5H7ClF3NO/c1-10(4(6)11)3-2-5(7,8)9/h2-3H2,1H3. The molecule has 0 bridgehead atoms. The molecule has 0 atom stereocenters. The second-order valence-electron chi connectivity index (χ2n) is 2.04. The molecule has 0 radical (unpaired) electrons. The summed E-state index contributed by atoms with van der Waals surface area (Å²) in [7, 11) is 1.21. The molecule has 0 aliphatic rings. The first kappa shape index (κ1) is 10.6. The number of hydrogen-bond donors (Lipinski definition) is 0. The van der Waals surface area contributed by atoms with E-state index >= 15 is 0 Å². The number of nitrogens with zero attached hydrogens (tertiary/aromatic N) is 1. The molecule has 0 N–H and O–H groups in total. The molecule has 11 heavy (non-hydrogen) atoms. The molecule has 2 nitrogen and oxygen atoms in total. The van der Waals surface area contributed by atoms with Gasteiger partial charge in [-0.1, -0.05) is 0 Å². The van der Waals surface area contributed by atoms with E-state index in [9.17, 15) is 18.0 Å². The van der Waals surface area contributed by atoms with E-state index in [-0.39, 0.29) is 0 Å². The normalized spacial score (nSPS) is 11.4. The van der Waals surface area contributed by atoms with Gasteiger partial charge >= 0.3 is 11.5 Å². The first-order chi connectivity index (χ1) is 4.83. The van der Waals surface area contributed by atoms with Crippen LogP contribution in [0.4, 0.5) is 18.0 Å². The van der Waals surface area contributed by atoms with Crippen LogP contribution in [0.15, 0.2) is 0 Å². The second kappa shape index (κ2) is 3.80. The first-order valence-electron chi connectivity index (χ1n) is 2.80. The minimum Gasteiger partial charge on any atom is -0.332 e. The average molecular weight is 190 g/mol. The Morgan fingerprint density at radius 1 is 1.55 bits per heavy atom. The minimum atomic E-state index is -4.24. The van der Waals surface area contributed by atoms with Gasteiger partial charge in [-0.15, -0.1) is 0 Å². The van der Waals surface area contributed by atoms with Gasteiger partial charge in [0.05, 0.1) is 6.42 Å². The fourth-order valence-electron chi connectivity index (χ4n) is 0.382. The molecule has 0 fully saturated rings. The maximum absolute atomic E-state index is 11.5. The molecule has 0 aliphatic heterocycles. The molecule has 0 spiro atoms. The summed E-state index contributed by atoms with van der Waals surface area (Å²) in [5.74, 6) is 0. The lowest BCUT2D eigenvalue weighted by atomic mass is 10.4. The smallest absolute Gasteiger partial charge is 0.332 e. The van der Waals surface area contributed by atoms with Crippen LogP contribution in [0.25, 0.3) is 0 Å². The lowest BCUT2D eigenvalue weighted by molar-refractivity contribution is -0.135. The highest BCUT2D eigenvalue weighted by Gasteiger charge is 2.27. The van der Waals surface area contributed by atoms with Crippen molar-refractivity contribution >= 4 is 17.0 Å². The van der Waals surface area contributed by atoms with Crippen LogP contribution < -0.4 is 0 Å². The number of carbonyl (C=O) groups is 1. The fourth-order valence-corrected chi connectivity index (χ4v) is 0.467. The Hall–Kier alpha value is -0.450. The van der Waals surface area contributed by atoms with Crippen LogP contribution in [-0.2, 0) is 0 Å². The van der Waals surface area contributed by atoms with E-state index in [1.165, 1.54) is 7.05 Å². The van der Waals surface area contributed by atoms with Gasteiger partial charge < -0.3 is 4.90 Å². The van der Waals surface area contributed by atoms with Gasteiger partial charge in [-0.05, 0) is 11.6 Å². The van der Waals surface area contributed by atoms with Crippen LogP contribution in [-0.4, -0.2) is 30.0 Å². The Kier molecular flexibility index (Phi) is 3.65. The van der Waals surface area contributed by atoms with E-state index in [0.717, 1.165) is 4.90 Å². The Bertz CT molecular complexity index is 147. The molecule has 0 heterocycles. The summed E-state index contributed by atoms with van der Waals surface area (Å²) in [6.07, 6.45) is -5.26. The van der Waals surface area contributed by atoms with Crippen molar-refractivity contribution < 1.29 is 18.0 Å². The van der Waals surface area contributed by atoms with E-state index in [0.29, 0.717) is 0 Å². The van der Waals surface area contributed by atoms with Crippen molar-refractivity contribution in [2.75, 3.05) is 13.6 Å². The topological polar surface area (TPSA) is 20.3 Å². The van der Waals surface area contributed by atoms with Crippen molar-refractivity contribution in [2.24, 2.45) is 0 Å². The van der Waals surface area contributed by atoms with Gasteiger partial charge in [-0.25, -0.2) is 0 Å². The van der Waals surface area contributed by atoms with Gasteiger partial charge in [-0.3, -0.25) is 4.79 Å². The number of halogens is 4. The summed E-state index contributed by atoms with van der Waals surface area (Å²) in [4.78, 5) is 11.0. The second-order valence-corrected chi connectivity index (χ2v) is 2.36. The minimum absolute atomic E-state index is 0.397. The summed E-state index contributed by atoms with van der Waals surface area (Å²) in [6.45, 7) is -0.397. The third-order valence-electron chi connectivity index (χ3n) is 1.03. The molecule has 1 amide bonds. The molecule has 0 unspecified atom stereocenters. The molecule has 0 aromatic heterocycles. The molecule has 0 saturated carbocycles. The Balaban J connectivity index is 3.63. The summed E-state index contributed by atoms with van der Waals surface area (Å²) >= 11 is 4.88. The largest absolute Gasteiger partial charge is 0.390 e. The molecular formula is C5H7ClF3NO. The van der Waals surface area contributed by atoms with Gasteiger partial charge in [0.15, 0.2) is 0 Å². The van der Waals surface area contributed by atoms with Crippen molar-refractivity contribution in [1.82, 2.24) is 4.90 Å². The zero-order valence-corrected chi connectivity index (χ0v) is 6.54. The van der Waals surface area contributed by atoms with E-state index in [2.05, 4.69) is 0 Å². The third-order valence-corrected chi connectivity index (χ3v) is 1.32. The molecule has 0 rings (SSSR count). The fraction of sp³-hybridized carbons (Fsp3) is 0.800. The monoisotopic (exact) mass is 189 g/mol. The van der Waals surface area contributed by atoms with Crippen molar-refractivity contribution in [1.29, 1.82) is 0 Å². The molecule has 0 saturated heterocycles. The molecule has 66 valence electrons. The van der Waals surface area contributed by atoms with Gasteiger partial charge in [0.2, 0.25) is 0 Å². The zero-order chi connectivity index (χ0) is 9.07. The summed E-state index contributed by atoms with van der Waals surface area (Å²) in [5, 5.41) is -0.880. The number of carbonyl (C=O) groups excluding carboxylic acids is 1. The van der Waals surface area contributed by atoms with Crippen LogP contribution in [0.5, 0.6) is 0 Å². The highest BCUT2D eigenvalue weighted by atomic mass is 35.5. The Labute approximate surface area is 66.9 Å². The van der Waals surface area contributed by atoms with E-state index in [1.54, 1.807) is 0 Å². The molecule has 0 aliphatic carbocycles. The van der Waals surface area contributed by atoms with Gasteiger partial charge in [0.1, 0.15) is 0 Å². The van der Waals surface area contributed by atoms with Crippen LogP contribution in [0, 0.1) is 0 Å². The average Bonchev–Trinajstić information content (AvgIpc) is 1.80. The van der Waals surface area contributed by atoms with Crippen molar-refractivity contribution in [3.05, 3.63) is 0 Å². The van der Waals surface area contributed by atoms with Crippen molar-refractivity contribution in [2.45, 2.75) is 12.6 Å². The number of amides is 1. The third kappa shape index (κ3) is 5.97. The number of rotatable bonds is 2. The van der Waals surface area contributed by atoms with Crippen LogP contribution in [0.2, 0.25) is 0 Å². The van der Waals surface area contributed by atoms with Crippen molar-refractivity contribution in [3.8, 4) is 0 Å². The van der Waals surface area contributed by atoms with Crippen LogP contribution >= 0.6 is 11.6 Å². The summed E-state index contributed by atoms with van der Waals surface area (Å²) in [6, 6.07) is 0. The van der Waals surface area contributed by atoms with Crippen LogP contribution in [0.1, 0.15) is 6.42 Å². The highest BCUT2D eigenvalue weighted by molar-refractivity contribution is 6.62. The van der Waals surface area contributed by atoms with E-state index in [4.69, 9.17) is 11.6 Å². The first-order valence-corrected chi connectivity index (χ1v) is 3.18. The lowest BCUT2D eigenvalue weighted by Gasteiger charge is -2.13. The predicted molar refractivity (Wildman–Crippen MR) is 34.6 cm³/mol. The SMILES string of the molecule is CN(CCC(F)(F)F)C(=O)Cl. The maximum atomic E-state index is 11.5. The predicted octanol–water partition coefficient (Wildman–Crippen LogP) is 2.23. The molecular weight excluding hydrogens is 183 g/mol. The maximum Gasteiger partial charge on any atom is 0.390 e. The Morgan fingerprint density at radius 2 is 2.00 bits per heavy atom. The zero-order valence-electron chi connectivity index (χ0n) is 5.78. The highest BCUT2D eigenvalue weighted by Crippen LogP contribution is 2.19. The summed E-state index contributed by atoms with van der Waals surface area (Å²) < 4.78 is 34.5. The van der Waals surface area contributed by atoms with Crippen molar-refractivity contribution in [3.63, 3.8) is 0 Å².